The molecule has 3 N–H and O–H groups in total. The molecular weight excluding hydrogens is 497 g/mol. The van der Waals surface area contributed by atoms with E-state index < -0.39 is 23.2 Å². The number of amides is 3. The predicted molar refractivity (Wildman–Crippen MR) is 136 cm³/mol. The van der Waals surface area contributed by atoms with Crippen molar-refractivity contribution in [1.82, 2.24) is 25.0 Å². The molecule has 2 aromatic carbocycles. The molecule has 0 fully saturated rings. The van der Waals surface area contributed by atoms with Gasteiger partial charge in [0.1, 0.15) is 5.82 Å². The highest BCUT2D eigenvalue weighted by Gasteiger charge is 2.34. The standard InChI is InChI=1S/C27H31F3N6O2/c1-16-32-23(34-33-16)11-13-36(26(2,3)4)25(38)35-12-10-20-19(8-9-21(24(31)37)22(20)15-35)17-6-5-7-18(14-17)27(28,29)30/h5-9,14H,10-13,15H2,1-4H3,(H2,31,37)(H,32,33,34). The van der Waals surface area contributed by atoms with Crippen molar-refractivity contribution in [1.29, 1.82) is 0 Å². The molecule has 3 aromatic rings. The van der Waals surface area contributed by atoms with Gasteiger partial charge in [-0.05, 0) is 74.6 Å². The number of rotatable bonds is 5. The van der Waals surface area contributed by atoms with Gasteiger partial charge in [0.15, 0.2) is 5.82 Å². The van der Waals surface area contributed by atoms with E-state index in [0.29, 0.717) is 54.3 Å². The van der Waals surface area contributed by atoms with Gasteiger partial charge in [0.25, 0.3) is 0 Å². The molecule has 1 aliphatic rings. The molecule has 0 bridgehead atoms. The van der Waals surface area contributed by atoms with Crippen LogP contribution in [0.25, 0.3) is 11.1 Å². The number of carbonyl (C=O) groups excluding carboxylic acids is 2. The molecule has 0 aliphatic carbocycles. The molecule has 202 valence electrons. The fourth-order valence-corrected chi connectivity index (χ4v) is 4.80. The summed E-state index contributed by atoms with van der Waals surface area (Å²) in [5.41, 5.74) is 6.93. The van der Waals surface area contributed by atoms with Crippen LogP contribution >= 0.6 is 0 Å². The number of nitrogens with one attached hydrogen (secondary N) is 1. The number of alkyl halides is 3. The number of aryl methyl sites for hydroxylation is 1. The van der Waals surface area contributed by atoms with E-state index >= 15 is 0 Å². The number of hydrogen-bond donors (Lipinski definition) is 2. The molecule has 1 aromatic heterocycles. The van der Waals surface area contributed by atoms with Crippen LogP contribution in [0.3, 0.4) is 0 Å². The SMILES string of the molecule is Cc1nc(CCN(C(=O)N2CCc3c(-c4cccc(C(F)(F)F)c4)ccc(C(N)=O)c3C2)C(C)(C)C)n[nH]1. The summed E-state index contributed by atoms with van der Waals surface area (Å²) in [4.78, 5) is 33.7. The van der Waals surface area contributed by atoms with Crippen LogP contribution in [0.1, 0.15) is 59.5 Å². The molecule has 4 rings (SSSR count). The Balaban J connectivity index is 1.66. The lowest BCUT2D eigenvalue weighted by Crippen LogP contribution is -2.53. The second kappa shape index (κ2) is 10.1. The summed E-state index contributed by atoms with van der Waals surface area (Å²) in [7, 11) is 0. The van der Waals surface area contributed by atoms with Crippen molar-refractivity contribution in [3.8, 4) is 11.1 Å². The number of benzene rings is 2. The topological polar surface area (TPSA) is 108 Å². The van der Waals surface area contributed by atoms with Gasteiger partial charge in [0, 0.05) is 37.2 Å². The van der Waals surface area contributed by atoms with Gasteiger partial charge in [0.2, 0.25) is 5.91 Å². The van der Waals surface area contributed by atoms with Crippen molar-refractivity contribution in [3.63, 3.8) is 0 Å². The van der Waals surface area contributed by atoms with Crippen molar-refractivity contribution in [2.45, 2.75) is 58.8 Å². The van der Waals surface area contributed by atoms with E-state index in [1.54, 1.807) is 28.9 Å². The Kier molecular flexibility index (Phi) is 7.22. The molecule has 0 saturated heterocycles. The Hall–Kier alpha value is -3.89. The second-order valence-corrected chi connectivity index (χ2v) is 10.4. The molecule has 0 radical (unpaired) electrons. The number of fused-ring (bicyclic) bond motifs is 1. The minimum atomic E-state index is -4.48. The lowest BCUT2D eigenvalue weighted by Gasteiger charge is -2.41. The molecule has 8 nitrogen and oxygen atoms in total. The van der Waals surface area contributed by atoms with Gasteiger partial charge >= 0.3 is 12.2 Å². The van der Waals surface area contributed by atoms with E-state index in [1.807, 2.05) is 20.8 Å². The third-order valence-electron chi connectivity index (χ3n) is 6.69. The van der Waals surface area contributed by atoms with Crippen LogP contribution in [0, 0.1) is 6.92 Å². The molecule has 0 saturated carbocycles. The molecule has 0 spiro atoms. The maximum Gasteiger partial charge on any atom is 0.416 e. The number of H-pyrrole nitrogens is 1. The summed E-state index contributed by atoms with van der Waals surface area (Å²) in [6.07, 6.45) is -3.65. The average Bonchev–Trinajstić information content (AvgIpc) is 3.26. The molecule has 0 atom stereocenters. The Bertz CT molecular complexity index is 1360. The largest absolute Gasteiger partial charge is 0.416 e. The molecule has 2 heterocycles. The Morgan fingerprint density at radius 1 is 1.13 bits per heavy atom. The van der Waals surface area contributed by atoms with Crippen LogP contribution < -0.4 is 5.73 Å². The maximum absolute atomic E-state index is 13.7. The summed E-state index contributed by atoms with van der Waals surface area (Å²) >= 11 is 0. The lowest BCUT2D eigenvalue weighted by molar-refractivity contribution is -0.137. The Labute approximate surface area is 219 Å². The Morgan fingerprint density at radius 2 is 1.87 bits per heavy atom. The van der Waals surface area contributed by atoms with Gasteiger partial charge in [-0.25, -0.2) is 9.78 Å². The number of hydrogen-bond acceptors (Lipinski definition) is 4. The van der Waals surface area contributed by atoms with E-state index in [0.717, 1.165) is 17.7 Å². The minimum absolute atomic E-state index is 0.117. The maximum atomic E-state index is 13.7. The first-order chi connectivity index (χ1) is 17.8. The quantitative estimate of drug-likeness (QED) is 0.500. The highest BCUT2D eigenvalue weighted by Crippen LogP contribution is 2.36. The third kappa shape index (κ3) is 5.66. The third-order valence-corrected chi connectivity index (χ3v) is 6.69. The summed E-state index contributed by atoms with van der Waals surface area (Å²) in [5, 5.41) is 6.95. The number of nitrogens with zero attached hydrogens (tertiary/aromatic N) is 4. The number of carbonyl (C=O) groups is 2. The van der Waals surface area contributed by atoms with Crippen molar-refractivity contribution in [2.24, 2.45) is 5.73 Å². The van der Waals surface area contributed by atoms with Gasteiger partial charge in [-0.1, -0.05) is 18.2 Å². The van der Waals surface area contributed by atoms with Gasteiger partial charge in [-0.15, -0.1) is 0 Å². The molecular formula is C27H31F3N6O2. The monoisotopic (exact) mass is 528 g/mol. The van der Waals surface area contributed by atoms with Gasteiger partial charge in [0.05, 0.1) is 5.56 Å². The van der Waals surface area contributed by atoms with Gasteiger partial charge in [-0.2, -0.15) is 18.3 Å². The van der Waals surface area contributed by atoms with E-state index in [1.165, 1.54) is 12.1 Å². The minimum Gasteiger partial charge on any atom is -0.366 e. The van der Waals surface area contributed by atoms with Crippen molar-refractivity contribution in [3.05, 3.63) is 70.3 Å². The van der Waals surface area contributed by atoms with Crippen molar-refractivity contribution in [2.75, 3.05) is 13.1 Å². The summed E-state index contributed by atoms with van der Waals surface area (Å²) in [6, 6.07) is 8.04. The number of primary amides is 1. The lowest BCUT2D eigenvalue weighted by atomic mass is 9.87. The molecule has 0 unspecified atom stereocenters. The number of halogens is 3. The van der Waals surface area contributed by atoms with Gasteiger partial charge < -0.3 is 15.5 Å². The first-order valence-electron chi connectivity index (χ1n) is 12.3. The first-order valence-corrected chi connectivity index (χ1v) is 12.3. The van der Waals surface area contributed by atoms with Crippen LogP contribution in [0.15, 0.2) is 36.4 Å². The highest BCUT2D eigenvalue weighted by molar-refractivity contribution is 5.96. The van der Waals surface area contributed by atoms with Crippen LogP contribution in [0.5, 0.6) is 0 Å². The molecule has 38 heavy (non-hydrogen) atoms. The molecule has 11 heteroatoms. The number of aromatic amines is 1. The van der Waals surface area contributed by atoms with E-state index in [9.17, 15) is 22.8 Å². The normalized spacial score (nSPS) is 13.8. The van der Waals surface area contributed by atoms with E-state index in [-0.39, 0.29) is 18.1 Å². The fraction of sp³-hybridized carbons (Fsp3) is 0.407. The zero-order chi connectivity index (χ0) is 27.8. The zero-order valence-electron chi connectivity index (χ0n) is 21.8. The molecule has 3 amide bonds. The van der Waals surface area contributed by atoms with E-state index in [2.05, 4.69) is 15.2 Å². The fourth-order valence-electron chi connectivity index (χ4n) is 4.80. The smallest absolute Gasteiger partial charge is 0.366 e. The van der Waals surface area contributed by atoms with Gasteiger partial charge in [-0.3, -0.25) is 9.89 Å². The number of urea groups is 1. The highest BCUT2D eigenvalue weighted by atomic mass is 19.4. The van der Waals surface area contributed by atoms with Crippen molar-refractivity contribution < 1.29 is 22.8 Å². The van der Waals surface area contributed by atoms with Crippen LogP contribution in [-0.2, 0) is 25.6 Å². The summed E-state index contributed by atoms with van der Waals surface area (Å²) in [5.74, 6) is 0.644. The Morgan fingerprint density at radius 3 is 2.47 bits per heavy atom. The van der Waals surface area contributed by atoms with Crippen LogP contribution in [0.4, 0.5) is 18.0 Å². The molecule has 1 aliphatic heterocycles. The van der Waals surface area contributed by atoms with Crippen LogP contribution in [0.2, 0.25) is 0 Å². The first kappa shape index (κ1) is 27.2. The van der Waals surface area contributed by atoms with Crippen LogP contribution in [-0.4, -0.2) is 55.5 Å². The predicted octanol–water partition coefficient (Wildman–Crippen LogP) is 4.72. The number of nitrogens with two attached hydrogens (primary N) is 1. The summed E-state index contributed by atoms with van der Waals surface area (Å²) in [6.45, 7) is 8.46. The average molecular weight is 529 g/mol. The zero-order valence-corrected chi connectivity index (χ0v) is 21.8. The number of aromatic nitrogens is 3. The second-order valence-electron chi connectivity index (χ2n) is 10.4. The summed E-state index contributed by atoms with van der Waals surface area (Å²) < 4.78 is 40.1. The van der Waals surface area contributed by atoms with E-state index in [4.69, 9.17) is 5.73 Å². The van der Waals surface area contributed by atoms with Crippen molar-refractivity contribution >= 4 is 11.9 Å².